The summed E-state index contributed by atoms with van der Waals surface area (Å²) in [5.74, 6) is 1.45. The third kappa shape index (κ3) is 5.07. The van der Waals surface area contributed by atoms with Crippen molar-refractivity contribution in [3.05, 3.63) is 144 Å². The monoisotopic (exact) mass is 526 g/mol. The number of amides is 2. The molecule has 0 saturated carbocycles. The van der Waals surface area contributed by atoms with Crippen molar-refractivity contribution in [3.63, 3.8) is 0 Å². The molecule has 5 nitrogen and oxygen atoms in total. The van der Waals surface area contributed by atoms with E-state index in [-0.39, 0.29) is 30.2 Å². The molecule has 2 heterocycles. The van der Waals surface area contributed by atoms with Crippen LogP contribution in [0.2, 0.25) is 0 Å². The molecule has 0 fully saturated rings. The van der Waals surface area contributed by atoms with Crippen LogP contribution in [0, 0.1) is 0 Å². The van der Waals surface area contributed by atoms with Crippen LogP contribution in [0.4, 0.5) is 4.79 Å². The highest BCUT2D eigenvalue weighted by atomic mass is 16.2. The van der Waals surface area contributed by atoms with Crippen LogP contribution in [-0.4, -0.2) is 51.7 Å². The fourth-order valence-electron chi connectivity index (χ4n) is 5.78. The minimum Gasteiger partial charge on any atom is -0.273 e. The number of hydrogen-bond acceptors (Lipinski definition) is 3. The molecule has 0 saturated heterocycles. The fraction of sp³-hybridized carbons (Fsp3) is 0.229. The van der Waals surface area contributed by atoms with Crippen LogP contribution in [0.3, 0.4) is 0 Å². The predicted molar refractivity (Wildman–Crippen MR) is 162 cm³/mol. The lowest BCUT2D eigenvalue weighted by Gasteiger charge is -2.34. The zero-order chi connectivity index (χ0) is 27.5. The lowest BCUT2D eigenvalue weighted by molar-refractivity contribution is 0.179. The van der Waals surface area contributed by atoms with Gasteiger partial charge in [0.05, 0.1) is 24.2 Å². The van der Waals surface area contributed by atoms with E-state index in [4.69, 9.17) is 9.98 Å². The molecule has 4 aromatic rings. The van der Waals surface area contributed by atoms with Gasteiger partial charge < -0.3 is 0 Å². The van der Waals surface area contributed by atoms with Gasteiger partial charge in [-0.1, -0.05) is 121 Å². The Balaban J connectivity index is 1.36. The summed E-state index contributed by atoms with van der Waals surface area (Å²) < 4.78 is 0. The summed E-state index contributed by atoms with van der Waals surface area (Å²) in [7, 11) is 0. The number of benzene rings is 4. The van der Waals surface area contributed by atoms with E-state index in [1.54, 1.807) is 0 Å². The standard InChI is InChI=1S/C35H34N4O/c1-25-31(23-27-15-7-3-8-16-27)36-33(29-19-11-5-12-20-29)38(25)35(40)39-26(2)32(24-28-17-9-4-10-18-28)37-34(39)30-21-13-6-14-22-30/h3-22,25-26,31-32H,23-24H2,1-2H3. The summed E-state index contributed by atoms with van der Waals surface area (Å²) >= 11 is 0. The molecular weight excluding hydrogens is 492 g/mol. The van der Waals surface area contributed by atoms with Crippen molar-refractivity contribution in [1.82, 2.24) is 9.80 Å². The molecule has 2 aliphatic heterocycles. The van der Waals surface area contributed by atoms with Crippen molar-refractivity contribution in [1.29, 1.82) is 0 Å². The van der Waals surface area contributed by atoms with Crippen LogP contribution in [0.1, 0.15) is 36.1 Å². The Morgan fingerprint density at radius 2 is 0.875 bits per heavy atom. The molecule has 2 aliphatic rings. The number of urea groups is 1. The second-order valence-corrected chi connectivity index (χ2v) is 10.7. The van der Waals surface area contributed by atoms with Crippen molar-refractivity contribution in [2.45, 2.75) is 50.9 Å². The largest absolute Gasteiger partial charge is 0.331 e. The van der Waals surface area contributed by atoms with Crippen molar-refractivity contribution in [2.75, 3.05) is 0 Å². The molecule has 0 N–H and O–H groups in total. The quantitative estimate of drug-likeness (QED) is 0.278. The number of carbonyl (C=O) groups excluding carboxylic acids is 1. The molecule has 200 valence electrons. The van der Waals surface area contributed by atoms with Crippen LogP contribution in [0.5, 0.6) is 0 Å². The van der Waals surface area contributed by atoms with Gasteiger partial charge in [0.2, 0.25) is 0 Å². The van der Waals surface area contributed by atoms with E-state index in [0.717, 1.165) is 35.6 Å². The molecule has 4 unspecified atom stereocenters. The lowest BCUT2D eigenvalue weighted by atomic mass is 10.0. The van der Waals surface area contributed by atoms with Gasteiger partial charge in [0, 0.05) is 11.1 Å². The first-order chi connectivity index (χ1) is 19.6. The molecule has 0 radical (unpaired) electrons. The number of carbonyl (C=O) groups is 1. The SMILES string of the molecule is CC1C(Cc2ccccc2)N=C(c2ccccc2)N1C(=O)N1C(c2ccccc2)=NC(Cc2ccccc2)C1C. The number of hydrogen-bond donors (Lipinski definition) is 0. The Labute approximate surface area is 236 Å². The van der Waals surface area contributed by atoms with Crippen LogP contribution < -0.4 is 0 Å². The zero-order valence-electron chi connectivity index (χ0n) is 23.0. The second kappa shape index (κ2) is 11.3. The lowest BCUT2D eigenvalue weighted by Crippen LogP contribution is -2.54. The van der Waals surface area contributed by atoms with Gasteiger partial charge in [-0.15, -0.1) is 0 Å². The first-order valence-corrected chi connectivity index (χ1v) is 14.1. The van der Waals surface area contributed by atoms with E-state index < -0.39 is 0 Å². The van der Waals surface area contributed by atoms with Crippen molar-refractivity contribution >= 4 is 17.7 Å². The summed E-state index contributed by atoms with van der Waals surface area (Å²) in [5.41, 5.74) is 4.33. The molecule has 2 amide bonds. The maximum absolute atomic E-state index is 14.7. The molecule has 0 spiro atoms. The Morgan fingerprint density at radius 1 is 0.550 bits per heavy atom. The maximum Gasteiger partial charge on any atom is 0.331 e. The summed E-state index contributed by atoms with van der Waals surface area (Å²) in [5, 5.41) is 0. The van der Waals surface area contributed by atoms with Crippen LogP contribution >= 0.6 is 0 Å². The summed E-state index contributed by atoms with van der Waals surface area (Å²) in [6, 6.07) is 40.6. The molecule has 4 atom stereocenters. The molecule has 4 aromatic carbocycles. The second-order valence-electron chi connectivity index (χ2n) is 10.7. The minimum atomic E-state index is -0.111. The Hall–Kier alpha value is -4.51. The normalized spacial score (nSPS) is 22.2. The van der Waals surface area contributed by atoms with E-state index in [9.17, 15) is 4.79 Å². The highest BCUT2D eigenvalue weighted by Gasteiger charge is 2.45. The van der Waals surface area contributed by atoms with Crippen molar-refractivity contribution in [2.24, 2.45) is 9.98 Å². The fourth-order valence-corrected chi connectivity index (χ4v) is 5.78. The topological polar surface area (TPSA) is 48.3 Å². The van der Waals surface area contributed by atoms with Gasteiger partial charge in [0.1, 0.15) is 11.7 Å². The van der Waals surface area contributed by atoms with E-state index in [1.165, 1.54) is 11.1 Å². The summed E-state index contributed by atoms with van der Waals surface area (Å²) in [6.45, 7) is 4.24. The number of amidine groups is 2. The molecule has 0 aliphatic carbocycles. The van der Waals surface area contributed by atoms with Crippen LogP contribution in [0.15, 0.2) is 131 Å². The highest BCUT2D eigenvalue weighted by molar-refractivity contribution is 6.15. The molecule has 0 bridgehead atoms. The van der Waals surface area contributed by atoms with Gasteiger partial charge in [0.15, 0.2) is 0 Å². The smallest absolute Gasteiger partial charge is 0.273 e. The van der Waals surface area contributed by atoms with Gasteiger partial charge in [-0.2, -0.15) is 0 Å². The van der Waals surface area contributed by atoms with Gasteiger partial charge >= 0.3 is 6.03 Å². The first-order valence-electron chi connectivity index (χ1n) is 14.1. The third-order valence-corrected chi connectivity index (χ3v) is 8.01. The van der Waals surface area contributed by atoms with Gasteiger partial charge in [-0.25, -0.2) is 4.79 Å². The Morgan fingerprint density at radius 3 is 1.23 bits per heavy atom. The maximum atomic E-state index is 14.7. The summed E-state index contributed by atoms with van der Waals surface area (Å²) in [4.78, 5) is 28.9. The molecular formula is C35H34N4O. The van der Waals surface area contributed by atoms with Gasteiger partial charge in [0.25, 0.3) is 0 Å². The van der Waals surface area contributed by atoms with Crippen LogP contribution in [0.25, 0.3) is 0 Å². The number of rotatable bonds is 6. The third-order valence-electron chi connectivity index (χ3n) is 8.01. The number of nitrogens with zero attached hydrogens (tertiary/aromatic N) is 4. The molecule has 40 heavy (non-hydrogen) atoms. The Bertz CT molecular complexity index is 1390. The molecule has 5 heteroatoms. The van der Waals surface area contributed by atoms with Gasteiger partial charge in [-0.3, -0.25) is 19.8 Å². The zero-order valence-corrected chi connectivity index (χ0v) is 23.0. The predicted octanol–water partition coefficient (Wildman–Crippen LogP) is 6.63. The minimum absolute atomic E-state index is 0.0447. The van der Waals surface area contributed by atoms with Gasteiger partial charge in [-0.05, 0) is 37.8 Å². The average molecular weight is 527 g/mol. The highest BCUT2D eigenvalue weighted by Crippen LogP contribution is 2.31. The van der Waals surface area contributed by atoms with Crippen LogP contribution in [-0.2, 0) is 12.8 Å². The van der Waals surface area contributed by atoms with Crippen molar-refractivity contribution < 1.29 is 4.79 Å². The Kier molecular flexibility index (Phi) is 7.28. The average Bonchev–Trinajstić information content (AvgIpc) is 3.50. The van der Waals surface area contributed by atoms with Crippen molar-refractivity contribution in [3.8, 4) is 0 Å². The van der Waals surface area contributed by atoms with E-state index in [0.29, 0.717) is 0 Å². The van der Waals surface area contributed by atoms with E-state index in [1.807, 2.05) is 82.6 Å². The van der Waals surface area contributed by atoms with E-state index >= 15 is 0 Å². The van der Waals surface area contributed by atoms with E-state index in [2.05, 4.69) is 62.4 Å². The molecule has 6 rings (SSSR count). The first kappa shape index (κ1) is 25.8. The number of aliphatic imine (C=N–C) groups is 2. The molecule has 0 aromatic heterocycles. The summed E-state index contributed by atoms with van der Waals surface area (Å²) in [6.07, 6.45) is 1.54.